The fourth-order valence-electron chi connectivity index (χ4n) is 1.57. The van der Waals surface area contributed by atoms with Crippen molar-refractivity contribution in [2.75, 3.05) is 11.4 Å². The molecule has 6 nitrogen and oxygen atoms in total. The van der Waals surface area contributed by atoms with E-state index in [-0.39, 0.29) is 18.2 Å². The van der Waals surface area contributed by atoms with Crippen LogP contribution < -0.4 is 10.2 Å². The number of amides is 3. The number of hydrogen-bond donors (Lipinski definition) is 1. The summed E-state index contributed by atoms with van der Waals surface area (Å²) in [5.74, 6) is 0.360. The molecule has 0 unspecified atom stereocenters. The van der Waals surface area contributed by atoms with Crippen LogP contribution in [-0.4, -0.2) is 28.5 Å². The molecular weight excluding hydrogens is 220 g/mol. The van der Waals surface area contributed by atoms with E-state index in [1.54, 1.807) is 6.20 Å². The molecule has 1 aromatic rings. The van der Waals surface area contributed by atoms with Crippen LogP contribution in [0.4, 0.5) is 10.7 Å². The Kier molecular flexibility index (Phi) is 3.03. The molecule has 1 fully saturated rings. The molecule has 0 atom stereocenters. The first-order chi connectivity index (χ1) is 8.08. The van der Waals surface area contributed by atoms with E-state index in [9.17, 15) is 9.59 Å². The van der Waals surface area contributed by atoms with E-state index < -0.39 is 6.03 Å². The molecule has 0 radical (unpaired) electrons. The molecule has 1 aliphatic heterocycles. The molecule has 0 aromatic carbocycles. The molecule has 1 saturated heterocycles. The summed E-state index contributed by atoms with van der Waals surface area (Å²) >= 11 is 0. The fourth-order valence-corrected chi connectivity index (χ4v) is 1.57. The summed E-state index contributed by atoms with van der Waals surface area (Å²) in [4.78, 5) is 32.4. The van der Waals surface area contributed by atoms with Gasteiger partial charge in [0.05, 0.1) is 0 Å². The topological polar surface area (TPSA) is 75.2 Å². The monoisotopic (exact) mass is 234 g/mol. The molecule has 0 spiro atoms. The van der Waals surface area contributed by atoms with Gasteiger partial charge in [-0.05, 0) is 12.0 Å². The molecular formula is C11H14N4O2. The predicted octanol–water partition coefficient (Wildman–Crippen LogP) is 1.05. The lowest BCUT2D eigenvalue weighted by Crippen LogP contribution is -2.50. The Morgan fingerprint density at radius 2 is 2.18 bits per heavy atom. The highest BCUT2D eigenvalue weighted by Crippen LogP contribution is 2.16. The van der Waals surface area contributed by atoms with Gasteiger partial charge in [-0.15, -0.1) is 0 Å². The van der Waals surface area contributed by atoms with Crippen molar-refractivity contribution in [2.24, 2.45) is 0 Å². The van der Waals surface area contributed by atoms with Gasteiger partial charge in [0.15, 0.2) is 0 Å². The highest BCUT2D eigenvalue weighted by molar-refractivity contribution is 6.04. The van der Waals surface area contributed by atoms with E-state index in [1.807, 2.05) is 19.9 Å². The van der Waals surface area contributed by atoms with Gasteiger partial charge in [-0.3, -0.25) is 15.0 Å². The second-order valence-electron chi connectivity index (χ2n) is 4.19. The molecule has 3 amide bonds. The van der Waals surface area contributed by atoms with Crippen LogP contribution in [0.2, 0.25) is 0 Å². The standard InChI is InChI=1S/C11H14N4O2/c1-7(2)8-3-5-12-10(13-8)15-6-4-9(16)14-11(15)17/h3,5,7H,4,6H2,1-2H3,(H,14,16,17). The summed E-state index contributed by atoms with van der Waals surface area (Å²) in [6, 6.07) is 1.36. The summed E-state index contributed by atoms with van der Waals surface area (Å²) < 4.78 is 0. The highest BCUT2D eigenvalue weighted by atomic mass is 16.2. The van der Waals surface area contributed by atoms with Crippen LogP contribution in [0.1, 0.15) is 31.9 Å². The van der Waals surface area contributed by atoms with E-state index in [4.69, 9.17) is 0 Å². The van der Waals surface area contributed by atoms with Gasteiger partial charge in [-0.1, -0.05) is 13.8 Å². The molecule has 2 rings (SSSR count). The largest absolute Gasteiger partial charge is 0.330 e. The quantitative estimate of drug-likeness (QED) is 0.829. The van der Waals surface area contributed by atoms with Gasteiger partial charge in [0, 0.05) is 24.9 Å². The van der Waals surface area contributed by atoms with Gasteiger partial charge in [0.1, 0.15) is 0 Å². The number of nitrogens with zero attached hydrogens (tertiary/aromatic N) is 3. The van der Waals surface area contributed by atoms with Crippen LogP contribution in [0, 0.1) is 0 Å². The Bertz CT molecular complexity index is 459. The fraction of sp³-hybridized carbons (Fsp3) is 0.455. The first-order valence-corrected chi connectivity index (χ1v) is 5.52. The average Bonchev–Trinajstić information content (AvgIpc) is 2.29. The average molecular weight is 234 g/mol. The third-order valence-corrected chi connectivity index (χ3v) is 2.55. The van der Waals surface area contributed by atoms with Crippen molar-refractivity contribution >= 4 is 17.9 Å². The molecule has 90 valence electrons. The smallest absolute Gasteiger partial charge is 0.278 e. The Labute approximate surface area is 99.1 Å². The lowest BCUT2D eigenvalue weighted by Gasteiger charge is -2.24. The minimum Gasteiger partial charge on any atom is -0.278 e. The third-order valence-electron chi connectivity index (χ3n) is 2.55. The SMILES string of the molecule is CC(C)c1ccnc(N2CCC(=O)NC2=O)n1. The molecule has 0 saturated carbocycles. The maximum absolute atomic E-state index is 11.6. The molecule has 0 aliphatic carbocycles. The maximum atomic E-state index is 11.6. The van der Waals surface area contributed by atoms with E-state index >= 15 is 0 Å². The number of aromatic nitrogens is 2. The first kappa shape index (κ1) is 11.5. The minimum absolute atomic E-state index is 0.258. The van der Waals surface area contributed by atoms with E-state index in [1.165, 1.54) is 4.90 Å². The second-order valence-corrected chi connectivity index (χ2v) is 4.19. The number of carbonyl (C=O) groups excluding carboxylic acids is 2. The number of nitrogens with one attached hydrogen (secondary N) is 1. The number of anilines is 1. The Morgan fingerprint density at radius 3 is 2.82 bits per heavy atom. The summed E-state index contributed by atoms with van der Waals surface area (Å²) in [5, 5.41) is 2.24. The summed E-state index contributed by atoms with van der Waals surface area (Å²) in [5.41, 5.74) is 0.875. The second kappa shape index (κ2) is 4.48. The van der Waals surface area contributed by atoms with Crippen LogP contribution in [0.25, 0.3) is 0 Å². The lowest BCUT2D eigenvalue weighted by molar-refractivity contribution is -0.120. The van der Waals surface area contributed by atoms with Crippen LogP contribution >= 0.6 is 0 Å². The zero-order valence-electron chi connectivity index (χ0n) is 9.80. The molecule has 1 aromatic heterocycles. The van der Waals surface area contributed by atoms with Crippen molar-refractivity contribution in [3.05, 3.63) is 18.0 Å². The molecule has 17 heavy (non-hydrogen) atoms. The van der Waals surface area contributed by atoms with E-state index in [2.05, 4.69) is 15.3 Å². The Morgan fingerprint density at radius 1 is 1.41 bits per heavy atom. The lowest BCUT2D eigenvalue weighted by atomic mass is 10.1. The summed E-state index contributed by atoms with van der Waals surface area (Å²) in [6.07, 6.45) is 1.91. The van der Waals surface area contributed by atoms with E-state index in [0.717, 1.165) is 5.69 Å². The maximum Gasteiger partial charge on any atom is 0.330 e. The Hall–Kier alpha value is -1.98. The van der Waals surface area contributed by atoms with Crippen molar-refractivity contribution in [2.45, 2.75) is 26.2 Å². The first-order valence-electron chi connectivity index (χ1n) is 5.52. The summed E-state index contributed by atoms with van der Waals surface area (Å²) in [6.45, 7) is 4.37. The minimum atomic E-state index is -0.456. The van der Waals surface area contributed by atoms with E-state index in [0.29, 0.717) is 12.5 Å². The van der Waals surface area contributed by atoms with Crippen molar-refractivity contribution in [3.63, 3.8) is 0 Å². The molecule has 1 aliphatic rings. The number of urea groups is 1. The van der Waals surface area contributed by atoms with Crippen LogP contribution in [0.15, 0.2) is 12.3 Å². The third kappa shape index (κ3) is 2.41. The Balaban J connectivity index is 2.25. The van der Waals surface area contributed by atoms with Crippen LogP contribution in [-0.2, 0) is 4.79 Å². The van der Waals surface area contributed by atoms with Gasteiger partial charge in [0.25, 0.3) is 0 Å². The van der Waals surface area contributed by atoms with Gasteiger partial charge < -0.3 is 0 Å². The van der Waals surface area contributed by atoms with Crippen molar-refractivity contribution in [3.8, 4) is 0 Å². The summed E-state index contributed by atoms with van der Waals surface area (Å²) in [7, 11) is 0. The zero-order valence-corrected chi connectivity index (χ0v) is 9.80. The number of rotatable bonds is 2. The van der Waals surface area contributed by atoms with Gasteiger partial charge in [0.2, 0.25) is 11.9 Å². The van der Waals surface area contributed by atoms with Crippen LogP contribution in [0.3, 0.4) is 0 Å². The predicted molar refractivity (Wildman–Crippen MR) is 61.6 cm³/mol. The van der Waals surface area contributed by atoms with Gasteiger partial charge in [-0.2, -0.15) is 0 Å². The molecule has 2 heterocycles. The van der Waals surface area contributed by atoms with Crippen molar-refractivity contribution in [1.82, 2.24) is 15.3 Å². The van der Waals surface area contributed by atoms with Crippen LogP contribution in [0.5, 0.6) is 0 Å². The van der Waals surface area contributed by atoms with Crippen molar-refractivity contribution < 1.29 is 9.59 Å². The number of hydrogen-bond acceptors (Lipinski definition) is 4. The number of carbonyl (C=O) groups is 2. The van der Waals surface area contributed by atoms with Crippen molar-refractivity contribution in [1.29, 1.82) is 0 Å². The highest BCUT2D eigenvalue weighted by Gasteiger charge is 2.26. The normalized spacial score (nSPS) is 16.3. The number of imide groups is 1. The molecule has 0 bridgehead atoms. The molecule has 1 N–H and O–H groups in total. The van der Waals surface area contributed by atoms with Gasteiger partial charge >= 0.3 is 6.03 Å². The molecule has 6 heteroatoms. The zero-order chi connectivity index (χ0) is 12.4. The van der Waals surface area contributed by atoms with Gasteiger partial charge in [-0.25, -0.2) is 14.8 Å².